The summed E-state index contributed by atoms with van der Waals surface area (Å²) < 4.78 is 26.7. The van der Waals surface area contributed by atoms with Gasteiger partial charge in [0.2, 0.25) is 10.0 Å². The van der Waals surface area contributed by atoms with Crippen molar-refractivity contribution in [3.05, 3.63) is 29.3 Å². The first kappa shape index (κ1) is 15.1. The fourth-order valence-electron chi connectivity index (χ4n) is 1.62. The van der Waals surface area contributed by atoms with Crippen LogP contribution in [0.2, 0.25) is 0 Å². The van der Waals surface area contributed by atoms with E-state index >= 15 is 0 Å². The number of nitrogens with one attached hydrogen (secondary N) is 2. The van der Waals surface area contributed by atoms with Gasteiger partial charge in [0.15, 0.2) is 0 Å². The van der Waals surface area contributed by atoms with Gasteiger partial charge in [-0.25, -0.2) is 13.1 Å². The molecule has 0 aliphatic rings. The standard InChI is InChI=1S/C13H22N2O2S/c1-5-14-12(4)9-15-18(16,17)13-7-6-10(2)11(3)8-13/h6-8,12,14-15H,5,9H2,1-4H3/t12-/m1/s1. The quantitative estimate of drug-likeness (QED) is 0.825. The molecule has 0 saturated heterocycles. The second-order valence-corrected chi connectivity index (χ2v) is 6.32. The lowest BCUT2D eigenvalue weighted by Crippen LogP contribution is -2.38. The van der Waals surface area contributed by atoms with Gasteiger partial charge in [-0.15, -0.1) is 0 Å². The molecular weight excluding hydrogens is 248 g/mol. The van der Waals surface area contributed by atoms with E-state index in [1.54, 1.807) is 12.1 Å². The monoisotopic (exact) mass is 270 g/mol. The summed E-state index contributed by atoms with van der Waals surface area (Å²) in [6.07, 6.45) is 0. The lowest BCUT2D eigenvalue weighted by molar-refractivity contribution is 0.536. The minimum atomic E-state index is -3.40. The Kier molecular flexibility index (Phi) is 5.31. The maximum Gasteiger partial charge on any atom is 0.240 e. The third-order valence-corrected chi connectivity index (χ3v) is 4.34. The Hall–Kier alpha value is -0.910. The van der Waals surface area contributed by atoms with Crippen molar-refractivity contribution in [2.75, 3.05) is 13.1 Å². The molecule has 0 aliphatic heterocycles. The zero-order valence-electron chi connectivity index (χ0n) is 11.4. The van der Waals surface area contributed by atoms with E-state index in [4.69, 9.17) is 0 Å². The van der Waals surface area contributed by atoms with Crippen LogP contribution in [0.15, 0.2) is 23.1 Å². The van der Waals surface area contributed by atoms with Crippen LogP contribution < -0.4 is 10.0 Å². The molecule has 0 saturated carbocycles. The highest BCUT2D eigenvalue weighted by Crippen LogP contribution is 2.14. The Labute approximate surface area is 110 Å². The van der Waals surface area contributed by atoms with Gasteiger partial charge in [-0.3, -0.25) is 0 Å². The first-order valence-corrected chi connectivity index (χ1v) is 7.65. The van der Waals surface area contributed by atoms with E-state index in [2.05, 4.69) is 10.0 Å². The fourth-order valence-corrected chi connectivity index (χ4v) is 2.83. The van der Waals surface area contributed by atoms with Gasteiger partial charge < -0.3 is 5.32 Å². The molecule has 2 N–H and O–H groups in total. The largest absolute Gasteiger partial charge is 0.313 e. The van der Waals surface area contributed by atoms with Crippen LogP contribution in [0.25, 0.3) is 0 Å². The van der Waals surface area contributed by atoms with E-state index < -0.39 is 10.0 Å². The van der Waals surface area contributed by atoms with Crippen LogP contribution in [0.5, 0.6) is 0 Å². The molecule has 1 aromatic rings. The van der Waals surface area contributed by atoms with Crippen molar-refractivity contribution >= 4 is 10.0 Å². The molecule has 0 aliphatic carbocycles. The molecule has 1 rings (SSSR count). The smallest absolute Gasteiger partial charge is 0.240 e. The molecule has 0 bridgehead atoms. The molecule has 1 aromatic carbocycles. The summed E-state index contributed by atoms with van der Waals surface area (Å²) in [6.45, 7) is 9.04. The van der Waals surface area contributed by atoms with E-state index in [0.717, 1.165) is 17.7 Å². The van der Waals surface area contributed by atoms with E-state index in [1.165, 1.54) is 0 Å². The highest BCUT2D eigenvalue weighted by molar-refractivity contribution is 7.89. The van der Waals surface area contributed by atoms with Crippen LogP contribution >= 0.6 is 0 Å². The molecule has 0 amide bonds. The first-order chi connectivity index (χ1) is 8.36. The summed E-state index contributed by atoms with van der Waals surface area (Å²) in [7, 11) is -3.40. The molecule has 102 valence electrons. The molecule has 0 unspecified atom stereocenters. The summed E-state index contributed by atoms with van der Waals surface area (Å²) in [5, 5.41) is 3.16. The van der Waals surface area contributed by atoms with Crippen LogP contribution in [-0.4, -0.2) is 27.5 Å². The topological polar surface area (TPSA) is 58.2 Å². The van der Waals surface area contributed by atoms with Crippen molar-refractivity contribution in [2.45, 2.75) is 38.6 Å². The van der Waals surface area contributed by atoms with E-state index in [0.29, 0.717) is 11.4 Å². The zero-order valence-corrected chi connectivity index (χ0v) is 12.3. The number of aryl methyl sites for hydroxylation is 2. The normalized spacial score (nSPS) is 13.6. The minimum absolute atomic E-state index is 0.122. The van der Waals surface area contributed by atoms with Gasteiger partial charge in [0.1, 0.15) is 0 Å². The van der Waals surface area contributed by atoms with Crippen molar-refractivity contribution in [3.63, 3.8) is 0 Å². The van der Waals surface area contributed by atoms with Gasteiger partial charge in [-0.1, -0.05) is 13.0 Å². The lowest BCUT2D eigenvalue weighted by atomic mass is 10.1. The average molecular weight is 270 g/mol. The molecule has 18 heavy (non-hydrogen) atoms. The van der Waals surface area contributed by atoms with Gasteiger partial charge in [0.05, 0.1) is 4.90 Å². The van der Waals surface area contributed by atoms with E-state index in [9.17, 15) is 8.42 Å². The van der Waals surface area contributed by atoms with Gasteiger partial charge in [0, 0.05) is 12.6 Å². The summed E-state index contributed by atoms with van der Waals surface area (Å²) in [4.78, 5) is 0.328. The van der Waals surface area contributed by atoms with Crippen LogP contribution in [0.4, 0.5) is 0 Å². The van der Waals surface area contributed by atoms with Gasteiger partial charge >= 0.3 is 0 Å². The Bertz CT molecular complexity index is 498. The Morgan fingerprint density at radius 2 is 1.89 bits per heavy atom. The molecule has 1 atom stereocenters. The molecule has 0 radical (unpaired) electrons. The highest BCUT2D eigenvalue weighted by Gasteiger charge is 2.15. The number of benzene rings is 1. The van der Waals surface area contributed by atoms with Crippen LogP contribution in [0, 0.1) is 13.8 Å². The highest BCUT2D eigenvalue weighted by atomic mass is 32.2. The van der Waals surface area contributed by atoms with Gasteiger partial charge in [0.25, 0.3) is 0 Å². The fraction of sp³-hybridized carbons (Fsp3) is 0.538. The van der Waals surface area contributed by atoms with Crippen molar-refractivity contribution in [2.24, 2.45) is 0 Å². The summed E-state index contributed by atoms with van der Waals surface area (Å²) in [5.74, 6) is 0. The SMILES string of the molecule is CCN[C@H](C)CNS(=O)(=O)c1ccc(C)c(C)c1. The zero-order chi connectivity index (χ0) is 13.8. The van der Waals surface area contributed by atoms with Gasteiger partial charge in [-0.05, 0) is 50.6 Å². The molecular formula is C13H22N2O2S. The maximum absolute atomic E-state index is 12.1. The number of hydrogen-bond donors (Lipinski definition) is 2. The Balaban J connectivity index is 2.77. The Morgan fingerprint density at radius 1 is 1.22 bits per heavy atom. The van der Waals surface area contributed by atoms with Crippen LogP contribution in [0.1, 0.15) is 25.0 Å². The van der Waals surface area contributed by atoms with Crippen LogP contribution in [-0.2, 0) is 10.0 Å². The van der Waals surface area contributed by atoms with E-state index in [-0.39, 0.29) is 6.04 Å². The number of rotatable bonds is 6. The first-order valence-electron chi connectivity index (χ1n) is 6.17. The molecule has 0 fully saturated rings. The molecule has 0 aromatic heterocycles. The van der Waals surface area contributed by atoms with Crippen molar-refractivity contribution < 1.29 is 8.42 Å². The number of likely N-dealkylation sites (N-methyl/N-ethyl adjacent to an activating group) is 1. The predicted octanol–water partition coefficient (Wildman–Crippen LogP) is 1.58. The third kappa shape index (κ3) is 4.08. The lowest BCUT2D eigenvalue weighted by Gasteiger charge is -2.14. The average Bonchev–Trinajstić information content (AvgIpc) is 2.30. The molecule has 4 nitrogen and oxygen atoms in total. The van der Waals surface area contributed by atoms with Crippen molar-refractivity contribution in [3.8, 4) is 0 Å². The summed E-state index contributed by atoms with van der Waals surface area (Å²) in [5.41, 5.74) is 2.08. The minimum Gasteiger partial charge on any atom is -0.313 e. The number of sulfonamides is 1. The van der Waals surface area contributed by atoms with Crippen LogP contribution in [0.3, 0.4) is 0 Å². The van der Waals surface area contributed by atoms with Crippen molar-refractivity contribution in [1.82, 2.24) is 10.0 Å². The second-order valence-electron chi connectivity index (χ2n) is 4.56. The number of hydrogen-bond acceptors (Lipinski definition) is 3. The predicted molar refractivity (Wildman–Crippen MR) is 74.2 cm³/mol. The summed E-state index contributed by atoms with van der Waals surface area (Å²) in [6, 6.07) is 5.30. The molecule has 0 heterocycles. The maximum atomic E-state index is 12.1. The van der Waals surface area contributed by atoms with E-state index in [1.807, 2.05) is 33.8 Å². The second kappa shape index (κ2) is 6.31. The molecule has 0 spiro atoms. The third-order valence-electron chi connectivity index (χ3n) is 2.92. The van der Waals surface area contributed by atoms with Crippen molar-refractivity contribution in [1.29, 1.82) is 0 Å². The van der Waals surface area contributed by atoms with Gasteiger partial charge in [-0.2, -0.15) is 0 Å². The molecule has 5 heteroatoms. The summed E-state index contributed by atoms with van der Waals surface area (Å²) >= 11 is 0. The Morgan fingerprint density at radius 3 is 2.44 bits per heavy atom.